The number of fused-ring (bicyclic) bond motifs is 3. The molecule has 2 aliphatic rings. The first-order valence-electron chi connectivity index (χ1n) is 9.36. The molecular weight excluding hydrogens is 354 g/mol. The summed E-state index contributed by atoms with van der Waals surface area (Å²) in [6.45, 7) is 2.80. The molecule has 0 unspecified atom stereocenters. The smallest absolute Gasteiger partial charge is 0.248 e. The van der Waals surface area contributed by atoms with E-state index in [-0.39, 0.29) is 12.5 Å². The zero-order valence-corrected chi connectivity index (χ0v) is 15.5. The Kier molecular flexibility index (Phi) is 3.93. The Morgan fingerprint density at radius 1 is 1.21 bits per heavy atom. The largest absolute Gasteiger partial charge is 0.445 e. The van der Waals surface area contributed by atoms with Crippen molar-refractivity contribution in [1.82, 2.24) is 19.4 Å². The number of hydrogen-bond donors (Lipinski definition) is 0. The Bertz CT molecular complexity index is 1110. The zero-order valence-electron chi connectivity index (χ0n) is 15.5. The van der Waals surface area contributed by atoms with Crippen LogP contribution in [0, 0.1) is 0 Å². The van der Waals surface area contributed by atoms with Crippen LogP contribution in [0.15, 0.2) is 58.7 Å². The van der Waals surface area contributed by atoms with Crippen molar-refractivity contribution in [1.29, 1.82) is 0 Å². The first kappa shape index (κ1) is 16.7. The summed E-state index contributed by atoms with van der Waals surface area (Å²) >= 11 is 0. The molecule has 7 heteroatoms. The highest BCUT2D eigenvalue weighted by Crippen LogP contribution is 2.35. The maximum atomic E-state index is 12.7. The molecule has 4 heterocycles. The van der Waals surface area contributed by atoms with Crippen molar-refractivity contribution >= 4 is 17.4 Å². The van der Waals surface area contributed by atoms with E-state index in [9.17, 15) is 4.79 Å². The number of oxazole rings is 1. The van der Waals surface area contributed by atoms with Gasteiger partial charge in [-0.15, -0.1) is 0 Å². The summed E-state index contributed by atoms with van der Waals surface area (Å²) in [6.07, 6.45) is 10.5. The van der Waals surface area contributed by atoms with Crippen LogP contribution in [0.3, 0.4) is 0 Å². The Morgan fingerprint density at radius 2 is 2.11 bits per heavy atom. The van der Waals surface area contributed by atoms with Crippen LogP contribution >= 0.6 is 0 Å². The molecule has 140 valence electrons. The Morgan fingerprint density at radius 3 is 2.89 bits per heavy atom. The van der Waals surface area contributed by atoms with E-state index in [1.807, 2.05) is 39.9 Å². The fourth-order valence-corrected chi connectivity index (χ4v) is 3.79. The second-order valence-electron chi connectivity index (χ2n) is 6.79. The fourth-order valence-electron chi connectivity index (χ4n) is 3.79. The van der Waals surface area contributed by atoms with E-state index in [4.69, 9.17) is 4.42 Å². The number of benzene rings is 1. The normalized spacial score (nSPS) is 16.2. The van der Waals surface area contributed by atoms with Crippen molar-refractivity contribution in [3.8, 4) is 11.5 Å². The van der Waals surface area contributed by atoms with E-state index >= 15 is 0 Å². The van der Waals surface area contributed by atoms with Crippen molar-refractivity contribution in [3.05, 3.63) is 66.1 Å². The first-order valence-corrected chi connectivity index (χ1v) is 9.36. The highest BCUT2D eigenvalue weighted by molar-refractivity contribution is 6.06. The van der Waals surface area contributed by atoms with Crippen LogP contribution in [0.1, 0.15) is 23.7 Å². The second-order valence-corrected chi connectivity index (χ2v) is 6.79. The summed E-state index contributed by atoms with van der Waals surface area (Å²) in [7, 11) is 0. The minimum Gasteiger partial charge on any atom is -0.445 e. The van der Waals surface area contributed by atoms with Gasteiger partial charge < -0.3 is 9.32 Å². The van der Waals surface area contributed by atoms with E-state index in [1.165, 1.54) is 0 Å². The number of aromatic nitrogens is 3. The van der Waals surface area contributed by atoms with Crippen LogP contribution in [0.2, 0.25) is 0 Å². The third-order valence-electron chi connectivity index (χ3n) is 5.20. The lowest BCUT2D eigenvalue weighted by Crippen LogP contribution is -2.36. The zero-order chi connectivity index (χ0) is 19.1. The Balaban J connectivity index is 1.65. The fraction of sp³-hybridized carbons (Fsp3) is 0.238. The van der Waals surface area contributed by atoms with E-state index in [2.05, 4.69) is 21.9 Å². The average molecular weight is 373 g/mol. The van der Waals surface area contributed by atoms with E-state index in [0.717, 1.165) is 40.9 Å². The van der Waals surface area contributed by atoms with Crippen LogP contribution in [0.25, 0.3) is 17.2 Å². The van der Waals surface area contributed by atoms with Gasteiger partial charge in [0, 0.05) is 29.9 Å². The predicted molar refractivity (Wildman–Crippen MR) is 105 cm³/mol. The van der Waals surface area contributed by atoms with Gasteiger partial charge in [-0.25, -0.2) is 9.97 Å². The standard InChI is InChI=1S/C21H19N5O2/c1-2-14-12-25(13-24-14)19-10-18-16-4-3-5-17(21-22-7-9-28-21)15(16)6-8-26(18)20(27)11-23-19/h3-5,7,9-10,12-13H,2,6,8,11H2,1H3. The number of amides is 1. The highest BCUT2D eigenvalue weighted by atomic mass is 16.3. The molecule has 0 saturated carbocycles. The highest BCUT2D eigenvalue weighted by Gasteiger charge is 2.30. The molecule has 0 aliphatic carbocycles. The molecule has 0 bridgehead atoms. The molecule has 2 aliphatic heterocycles. The van der Waals surface area contributed by atoms with Gasteiger partial charge in [-0.2, -0.15) is 0 Å². The maximum Gasteiger partial charge on any atom is 0.248 e. The molecule has 0 fully saturated rings. The molecule has 5 rings (SSSR count). The molecule has 2 aromatic heterocycles. The van der Waals surface area contributed by atoms with Gasteiger partial charge >= 0.3 is 0 Å². The first-order chi connectivity index (χ1) is 13.7. The quantitative estimate of drug-likeness (QED) is 0.692. The number of nitrogens with zero attached hydrogens (tertiary/aromatic N) is 5. The summed E-state index contributed by atoms with van der Waals surface area (Å²) in [5.41, 5.74) is 4.97. The Hall–Kier alpha value is -3.48. The topological polar surface area (TPSA) is 76.5 Å². The molecule has 0 spiro atoms. The van der Waals surface area contributed by atoms with Crippen molar-refractivity contribution < 1.29 is 9.21 Å². The van der Waals surface area contributed by atoms with Gasteiger partial charge in [0.2, 0.25) is 11.8 Å². The summed E-state index contributed by atoms with van der Waals surface area (Å²) in [5.74, 6) is 1.32. The number of imidazole rings is 1. The van der Waals surface area contributed by atoms with Crippen LogP contribution in [-0.4, -0.2) is 44.3 Å². The van der Waals surface area contributed by atoms with Crippen molar-refractivity contribution in [2.24, 2.45) is 4.99 Å². The minimum atomic E-state index is 0.00394. The summed E-state index contributed by atoms with van der Waals surface area (Å²) in [6, 6.07) is 6.03. The summed E-state index contributed by atoms with van der Waals surface area (Å²) in [5, 5.41) is 0. The molecule has 3 aromatic rings. The molecular formula is C21H19N5O2. The molecule has 7 nitrogen and oxygen atoms in total. The lowest BCUT2D eigenvalue weighted by molar-refractivity contribution is -0.126. The number of aliphatic imine (C=N–C) groups is 1. The SMILES string of the molecule is CCc1cn(C2=NCC(=O)N3CCc4c(cccc4-c4ncco4)C3=C2)cn1. The van der Waals surface area contributed by atoms with Gasteiger partial charge in [0.15, 0.2) is 0 Å². The predicted octanol–water partition coefficient (Wildman–Crippen LogP) is 2.79. The average Bonchev–Trinajstić information content (AvgIpc) is 3.39. The van der Waals surface area contributed by atoms with Gasteiger partial charge in [-0.3, -0.25) is 14.4 Å². The monoisotopic (exact) mass is 373 g/mol. The van der Waals surface area contributed by atoms with Crippen LogP contribution < -0.4 is 0 Å². The molecule has 0 radical (unpaired) electrons. The van der Waals surface area contributed by atoms with E-state index in [0.29, 0.717) is 18.3 Å². The van der Waals surface area contributed by atoms with Gasteiger partial charge in [0.1, 0.15) is 25.0 Å². The molecule has 0 N–H and O–H groups in total. The number of allylic oxidation sites excluding steroid dienone is 1. The van der Waals surface area contributed by atoms with Crippen LogP contribution in [-0.2, 0) is 17.6 Å². The minimum absolute atomic E-state index is 0.00394. The van der Waals surface area contributed by atoms with E-state index in [1.54, 1.807) is 18.8 Å². The second kappa shape index (κ2) is 6.60. The van der Waals surface area contributed by atoms with Crippen molar-refractivity contribution in [2.75, 3.05) is 13.1 Å². The van der Waals surface area contributed by atoms with Gasteiger partial charge in [0.05, 0.1) is 17.6 Å². The lowest BCUT2D eigenvalue weighted by atomic mass is 9.91. The summed E-state index contributed by atoms with van der Waals surface area (Å²) in [4.78, 5) is 27.8. The van der Waals surface area contributed by atoms with Crippen molar-refractivity contribution in [2.45, 2.75) is 19.8 Å². The Labute approximate surface area is 162 Å². The summed E-state index contributed by atoms with van der Waals surface area (Å²) < 4.78 is 7.41. The lowest BCUT2D eigenvalue weighted by Gasteiger charge is -2.31. The molecule has 1 amide bonds. The number of hydrogen-bond acceptors (Lipinski definition) is 5. The third kappa shape index (κ3) is 2.67. The van der Waals surface area contributed by atoms with Gasteiger partial charge in [-0.1, -0.05) is 19.1 Å². The number of rotatable bonds is 2. The van der Waals surface area contributed by atoms with Gasteiger partial charge in [0.25, 0.3) is 0 Å². The number of carbonyl (C=O) groups excluding carboxylic acids is 1. The third-order valence-corrected chi connectivity index (χ3v) is 5.20. The number of carbonyl (C=O) groups is 1. The van der Waals surface area contributed by atoms with E-state index < -0.39 is 0 Å². The molecule has 28 heavy (non-hydrogen) atoms. The van der Waals surface area contributed by atoms with Crippen LogP contribution in [0.5, 0.6) is 0 Å². The van der Waals surface area contributed by atoms with Crippen molar-refractivity contribution in [3.63, 3.8) is 0 Å². The molecule has 0 saturated heterocycles. The maximum absolute atomic E-state index is 12.7. The number of aryl methyl sites for hydroxylation is 1. The van der Waals surface area contributed by atoms with Crippen LogP contribution in [0.4, 0.5) is 0 Å². The molecule has 1 aromatic carbocycles. The molecule has 0 atom stereocenters. The van der Waals surface area contributed by atoms with Gasteiger partial charge in [-0.05, 0) is 24.5 Å².